The molecule has 0 amide bonds. The molecule has 3 rings (SSSR count). The standard InChI is InChI=1S/C20H27N3O4S2/c1-16-15-20(17(2)14-19(16)23-11-4-5-13-28(23,24)25)29(26,27)22(3)12-8-18-6-9-21-10-7-18/h6-7,9-10,14-15H,4-5,8,11-13H2,1-3H3. The number of hydrogen-bond acceptors (Lipinski definition) is 5. The van der Waals surface area contributed by atoms with E-state index in [2.05, 4.69) is 4.98 Å². The van der Waals surface area contributed by atoms with Gasteiger partial charge in [0.2, 0.25) is 20.0 Å². The fourth-order valence-corrected chi connectivity index (χ4v) is 6.66. The van der Waals surface area contributed by atoms with Gasteiger partial charge in [0.15, 0.2) is 0 Å². The molecule has 0 bridgehead atoms. The molecule has 7 nitrogen and oxygen atoms in total. The molecule has 1 aliphatic heterocycles. The SMILES string of the molecule is Cc1cc(S(=O)(=O)N(C)CCc2ccncc2)c(C)cc1N1CCCCS1(=O)=O. The second-order valence-corrected chi connectivity index (χ2v) is 11.5. The monoisotopic (exact) mass is 437 g/mol. The summed E-state index contributed by atoms with van der Waals surface area (Å²) in [4.78, 5) is 4.18. The van der Waals surface area contributed by atoms with Gasteiger partial charge in [0.05, 0.1) is 16.3 Å². The van der Waals surface area contributed by atoms with Crippen LogP contribution in [0.1, 0.15) is 29.5 Å². The molecule has 1 fully saturated rings. The molecule has 2 aromatic rings. The third-order valence-corrected chi connectivity index (χ3v) is 9.12. The smallest absolute Gasteiger partial charge is 0.243 e. The number of nitrogens with zero attached hydrogens (tertiary/aromatic N) is 3. The molecule has 1 aromatic carbocycles. The number of aromatic nitrogens is 1. The average Bonchev–Trinajstić information content (AvgIpc) is 2.68. The van der Waals surface area contributed by atoms with E-state index in [-0.39, 0.29) is 10.6 Å². The average molecular weight is 438 g/mol. The third kappa shape index (κ3) is 4.62. The van der Waals surface area contributed by atoms with E-state index in [0.29, 0.717) is 42.7 Å². The van der Waals surface area contributed by atoms with Crippen molar-refractivity contribution in [1.29, 1.82) is 0 Å². The Hall–Kier alpha value is -1.97. The van der Waals surface area contributed by atoms with Crippen LogP contribution >= 0.6 is 0 Å². The van der Waals surface area contributed by atoms with Crippen LogP contribution in [0.25, 0.3) is 0 Å². The molecule has 0 aliphatic carbocycles. The highest BCUT2D eigenvalue weighted by atomic mass is 32.2. The van der Waals surface area contributed by atoms with Crippen LogP contribution in [-0.4, -0.2) is 52.0 Å². The number of likely N-dealkylation sites (N-methyl/N-ethyl adjacent to an activating group) is 1. The molecule has 0 unspecified atom stereocenters. The molecular weight excluding hydrogens is 410 g/mol. The topological polar surface area (TPSA) is 87.7 Å². The van der Waals surface area contributed by atoms with Crippen molar-refractivity contribution in [3.63, 3.8) is 0 Å². The van der Waals surface area contributed by atoms with E-state index < -0.39 is 20.0 Å². The molecule has 1 aromatic heterocycles. The molecule has 29 heavy (non-hydrogen) atoms. The Morgan fingerprint density at radius 2 is 1.79 bits per heavy atom. The summed E-state index contributed by atoms with van der Waals surface area (Å²) in [6.45, 7) is 4.24. The van der Waals surface area contributed by atoms with Crippen molar-refractivity contribution < 1.29 is 16.8 Å². The van der Waals surface area contributed by atoms with Crippen molar-refractivity contribution in [2.75, 3.05) is 30.2 Å². The Balaban J connectivity index is 1.87. The minimum absolute atomic E-state index is 0.128. The summed E-state index contributed by atoms with van der Waals surface area (Å²) >= 11 is 0. The number of rotatable bonds is 6. The van der Waals surface area contributed by atoms with E-state index in [0.717, 1.165) is 12.0 Å². The minimum Gasteiger partial charge on any atom is -0.270 e. The third-order valence-electron chi connectivity index (χ3n) is 5.26. The number of hydrogen-bond donors (Lipinski definition) is 0. The molecule has 1 aliphatic rings. The highest BCUT2D eigenvalue weighted by Crippen LogP contribution is 2.32. The quantitative estimate of drug-likeness (QED) is 0.693. The first kappa shape index (κ1) is 21.7. The number of aryl methyl sites for hydroxylation is 2. The predicted molar refractivity (Wildman–Crippen MR) is 114 cm³/mol. The van der Waals surface area contributed by atoms with Crippen LogP contribution in [0.5, 0.6) is 0 Å². The van der Waals surface area contributed by atoms with Crippen molar-refractivity contribution in [2.45, 2.75) is 38.0 Å². The maximum Gasteiger partial charge on any atom is 0.243 e. The van der Waals surface area contributed by atoms with E-state index in [4.69, 9.17) is 0 Å². The highest BCUT2D eigenvalue weighted by molar-refractivity contribution is 7.92. The maximum atomic E-state index is 13.1. The molecule has 0 saturated carbocycles. The van der Waals surface area contributed by atoms with Gasteiger partial charge in [0, 0.05) is 32.5 Å². The van der Waals surface area contributed by atoms with Gasteiger partial charge in [0.25, 0.3) is 0 Å². The lowest BCUT2D eigenvalue weighted by Crippen LogP contribution is -2.38. The largest absolute Gasteiger partial charge is 0.270 e. The van der Waals surface area contributed by atoms with E-state index in [1.165, 1.54) is 8.61 Å². The van der Waals surface area contributed by atoms with Crippen LogP contribution < -0.4 is 4.31 Å². The molecular formula is C20H27N3O4S2. The minimum atomic E-state index is -3.69. The fraction of sp³-hybridized carbons (Fsp3) is 0.450. The van der Waals surface area contributed by atoms with Gasteiger partial charge in [-0.3, -0.25) is 9.29 Å². The molecule has 0 radical (unpaired) electrons. The summed E-state index contributed by atoms with van der Waals surface area (Å²) in [6, 6.07) is 7.00. The lowest BCUT2D eigenvalue weighted by atomic mass is 10.1. The second-order valence-electron chi connectivity index (χ2n) is 7.43. The normalized spacial score (nSPS) is 16.9. The second kappa shape index (κ2) is 8.41. The molecule has 0 N–H and O–H groups in total. The summed E-state index contributed by atoms with van der Waals surface area (Å²) in [7, 11) is -5.48. The number of sulfonamides is 2. The Labute approximate surface area is 173 Å². The number of anilines is 1. The van der Waals surface area contributed by atoms with Gasteiger partial charge in [-0.2, -0.15) is 0 Å². The van der Waals surface area contributed by atoms with Crippen molar-refractivity contribution in [1.82, 2.24) is 9.29 Å². The molecule has 158 valence electrons. The van der Waals surface area contributed by atoms with Gasteiger partial charge >= 0.3 is 0 Å². The first-order valence-electron chi connectivity index (χ1n) is 9.60. The van der Waals surface area contributed by atoms with E-state index in [1.54, 1.807) is 45.4 Å². The van der Waals surface area contributed by atoms with Crippen LogP contribution in [0.2, 0.25) is 0 Å². The van der Waals surface area contributed by atoms with Crippen LogP contribution in [-0.2, 0) is 26.5 Å². The molecule has 0 spiro atoms. The molecule has 1 saturated heterocycles. The van der Waals surface area contributed by atoms with Crippen molar-refractivity contribution in [3.05, 3.63) is 53.3 Å². The predicted octanol–water partition coefficient (Wildman–Crippen LogP) is 2.49. The number of pyridine rings is 1. The molecule has 0 atom stereocenters. The fourth-order valence-electron chi connectivity index (χ4n) is 3.50. The molecule has 9 heteroatoms. The van der Waals surface area contributed by atoms with Crippen LogP contribution in [0, 0.1) is 13.8 Å². The first-order chi connectivity index (χ1) is 13.6. The Bertz CT molecular complexity index is 1080. The van der Waals surface area contributed by atoms with Gasteiger partial charge < -0.3 is 0 Å². The maximum absolute atomic E-state index is 13.1. The Kier molecular flexibility index (Phi) is 6.30. The van der Waals surface area contributed by atoms with Gasteiger partial charge in [0.1, 0.15) is 0 Å². The summed E-state index contributed by atoms with van der Waals surface area (Å²) in [5, 5.41) is 0. The van der Waals surface area contributed by atoms with Crippen LogP contribution in [0.15, 0.2) is 41.6 Å². The Morgan fingerprint density at radius 3 is 2.45 bits per heavy atom. The Morgan fingerprint density at radius 1 is 1.10 bits per heavy atom. The zero-order chi connectivity index (χ0) is 21.2. The van der Waals surface area contributed by atoms with Gasteiger partial charge in [-0.05, 0) is 74.1 Å². The van der Waals surface area contributed by atoms with Crippen molar-refractivity contribution in [3.8, 4) is 0 Å². The van der Waals surface area contributed by atoms with Gasteiger partial charge in [-0.1, -0.05) is 0 Å². The summed E-state index contributed by atoms with van der Waals surface area (Å²) in [5.41, 5.74) is 2.77. The number of benzene rings is 1. The first-order valence-corrected chi connectivity index (χ1v) is 12.6. The summed E-state index contributed by atoms with van der Waals surface area (Å²) in [5.74, 6) is 0.128. The summed E-state index contributed by atoms with van der Waals surface area (Å²) < 4.78 is 53.9. The lowest BCUT2D eigenvalue weighted by Gasteiger charge is -2.30. The van der Waals surface area contributed by atoms with Crippen LogP contribution in [0.4, 0.5) is 5.69 Å². The highest BCUT2D eigenvalue weighted by Gasteiger charge is 2.29. The van der Waals surface area contributed by atoms with Crippen molar-refractivity contribution >= 4 is 25.7 Å². The van der Waals surface area contributed by atoms with Gasteiger partial charge in [-0.25, -0.2) is 21.1 Å². The van der Waals surface area contributed by atoms with Crippen molar-refractivity contribution in [2.24, 2.45) is 0 Å². The van der Waals surface area contributed by atoms with Gasteiger partial charge in [-0.15, -0.1) is 0 Å². The lowest BCUT2D eigenvalue weighted by molar-refractivity contribution is 0.472. The molecule has 2 heterocycles. The zero-order valence-corrected chi connectivity index (χ0v) is 18.6. The van der Waals surface area contributed by atoms with Crippen LogP contribution in [0.3, 0.4) is 0 Å². The van der Waals surface area contributed by atoms with E-state index >= 15 is 0 Å². The summed E-state index contributed by atoms with van der Waals surface area (Å²) in [6.07, 6.45) is 5.41. The van der Waals surface area contributed by atoms with E-state index in [9.17, 15) is 16.8 Å². The zero-order valence-electron chi connectivity index (χ0n) is 17.0. The van der Waals surface area contributed by atoms with E-state index in [1.807, 2.05) is 12.1 Å².